The molecule has 0 rings (SSSR count). The summed E-state index contributed by atoms with van der Waals surface area (Å²) in [6.45, 7) is 2.35. The zero-order valence-electron chi connectivity index (χ0n) is 6.35. The molecule has 0 radical (unpaired) electrons. The molecule has 0 aromatic rings. The summed E-state index contributed by atoms with van der Waals surface area (Å²) in [7, 11) is -8.28. The lowest BCUT2D eigenvalue weighted by Gasteiger charge is -2.29. The first-order chi connectivity index (χ1) is 4.77. The first kappa shape index (κ1) is 11.3. The normalized spacial score (nSPS) is 22.2. The zero-order valence-corrected chi connectivity index (χ0v) is 8.14. The van der Waals surface area contributed by atoms with Gasteiger partial charge in [-0.1, -0.05) is 6.92 Å². The maximum atomic E-state index is 10.7. The van der Waals surface area contributed by atoms with Crippen LogP contribution in [-0.2, 0) is 13.4 Å². The van der Waals surface area contributed by atoms with E-state index in [2.05, 4.69) is 4.31 Å². The summed E-state index contributed by atoms with van der Waals surface area (Å²) < 4.78 is 24.9. The van der Waals surface area contributed by atoms with Gasteiger partial charge in [0.25, 0.3) is 0 Å². The maximum absolute atomic E-state index is 10.7. The fraction of sp³-hybridized carbons (Fsp3) is 1.00. The lowest BCUT2D eigenvalue weighted by atomic mass is 10.6. The summed E-state index contributed by atoms with van der Waals surface area (Å²) in [5.74, 6) is 0. The molecule has 7 heteroatoms. The van der Waals surface area contributed by atoms with Crippen LogP contribution in [-0.4, -0.2) is 12.8 Å². The Kier molecular flexibility index (Phi) is 3.95. The average Bonchev–Trinajstić information content (AvgIpc) is 1.55. The topological polar surface area (TPSA) is 89.5 Å². The van der Waals surface area contributed by atoms with Gasteiger partial charge in [0, 0.05) is 12.8 Å². The SMILES string of the molecule is CCCP(=O)([O-])OP(C)(=O)[O-]. The zero-order chi connectivity index (χ0) is 9.12. The van der Waals surface area contributed by atoms with Crippen LogP contribution in [0.2, 0.25) is 0 Å². The Morgan fingerprint density at radius 3 is 2.09 bits per heavy atom. The van der Waals surface area contributed by atoms with E-state index >= 15 is 0 Å². The third kappa shape index (κ3) is 6.73. The van der Waals surface area contributed by atoms with Gasteiger partial charge in [-0.05, 0) is 6.42 Å². The van der Waals surface area contributed by atoms with E-state index in [0.717, 1.165) is 6.66 Å². The van der Waals surface area contributed by atoms with Crippen molar-refractivity contribution in [1.29, 1.82) is 0 Å². The van der Waals surface area contributed by atoms with Crippen LogP contribution in [0.4, 0.5) is 0 Å². The van der Waals surface area contributed by atoms with Crippen LogP contribution in [0.1, 0.15) is 13.3 Å². The number of hydrogen-bond acceptors (Lipinski definition) is 5. The molecule has 0 N–H and O–H groups in total. The predicted molar refractivity (Wildman–Crippen MR) is 37.4 cm³/mol. The van der Waals surface area contributed by atoms with E-state index in [9.17, 15) is 18.9 Å². The summed E-state index contributed by atoms with van der Waals surface area (Å²) in [6, 6.07) is 0. The van der Waals surface area contributed by atoms with Crippen molar-refractivity contribution in [2.24, 2.45) is 0 Å². The van der Waals surface area contributed by atoms with E-state index in [1.165, 1.54) is 0 Å². The van der Waals surface area contributed by atoms with Crippen LogP contribution in [0.15, 0.2) is 0 Å². The minimum Gasteiger partial charge on any atom is -0.778 e. The summed E-state index contributed by atoms with van der Waals surface area (Å²) in [4.78, 5) is 21.0. The van der Waals surface area contributed by atoms with Gasteiger partial charge in [0.05, 0.1) is 0 Å². The molecule has 0 aliphatic carbocycles. The summed E-state index contributed by atoms with van der Waals surface area (Å²) >= 11 is 0. The van der Waals surface area contributed by atoms with Gasteiger partial charge in [0.1, 0.15) is 15.2 Å². The Balaban J connectivity index is 4.14. The van der Waals surface area contributed by atoms with Crippen LogP contribution in [0.5, 0.6) is 0 Å². The number of hydrogen-bond donors (Lipinski definition) is 0. The molecular formula is C4H10O5P2-2. The van der Waals surface area contributed by atoms with Crippen molar-refractivity contribution >= 4 is 15.2 Å². The Bertz CT molecular complexity index is 207. The van der Waals surface area contributed by atoms with Gasteiger partial charge in [-0.25, -0.2) is 0 Å². The van der Waals surface area contributed by atoms with Crippen molar-refractivity contribution in [2.45, 2.75) is 13.3 Å². The van der Waals surface area contributed by atoms with Gasteiger partial charge in [-0.3, -0.25) is 4.31 Å². The first-order valence-corrected chi connectivity index (χ1v) is 6.78. The van der Waals surface area contributed by atoms with Gasteiger partial charge >= 0.3 is 0 Å². The largest absolute Gasteiger partial charge is 0.778 e. The molecule has 11 heavy (non-hydrogen) atoms. The second-order valence-corrected chi connectivity index (χ2v) is 6.05. The van der Waals surface area contributed by atoms with Gasteiger partial charge in [-0.2, -0.15) is 0 Å². The second-order valence-electron chi connectivity index (χ2n) is 2.19. The molecule has 0 aliphatic heterocycles. The summed E-state index contributed by atoms with van der Waals surface area (Å²) in [5, 5.41) is 0. The summed E-state index contributed by atoms with van der Waals surface area (Å²) in [5.41, 5.74) is 0. The van der Waals surface area contributed by atoms with Crippen molar-refractivity contribution < 1.29 is 23.2 Å². The van der Waals surface area contributed by atoms with Crippen molar-refractivity contribution in [3.8, 4) is 0 Å². The molecule has 0 fully saturated rings. The van der Waals surface area contributed by atoms with Crippen LogP contribution in [0.3, 0.4) is 0 Å². The molecule has 5 nitrogen and oxygen atoms in total. The molecule has 2 atom stereocenters. The van der Waals surface area contributed by atoms with Crippen LogP contribution < -0.4 is 9.79 Å². The van der Waals surface area contributed by atoms with Crippen LogP contribution in [0.25, 0.3) is 0 Å². The highest BCUT2D eigenvalue weighted by atomic mass is 31.3. The molecule has 0 aromatic heterocycles. The fourth-order valence-corrected chi connectivity index (χ4v) is 3.22. The first-order valence-electron chi connectivity index (χ1n) is 3.07. The van der Waals surface area contributed by atoms with E-state index in [1.54, 1.807) is 6.92 Å². The molecule has 0 spiro atoms. The minimum absolute atomic E-state index is 0.243. The Morgan fingerprint density at radius 2 is 1.82 bits per heavy atom. The Hall–Kier alpha value is 0.340. The monoisotopic (exact) mass is 200 g/mol. The van der Waals surface area contributed by atoms with Gasteiger partial charge in [-0.15, -0.1) is 0 Å². The standard InChI is InChI=1S/C4H12O5P2/c1-3-4-11(7,8)9-10(2,5)6/h3-4H2,1-2H3,(H,5,6)(H,7,8)/p-2. The van der Waals surface area contributed by atoms with E-state index in [-0.39, 0.29) is 6.16 Å². The highest BCUT2D eigenvalue weighted by molar-refractivity contribution is 7.64. The number of rotatable bonds is 4. The maximum Gasteiger partial charge on any atom is 0.141 e. The molecule has 68 valence electrons. The van der Waals surface area contributed by atoms with Crippen molar-refractivity contribution in [3.05, 3.63) is 0 Å². The Morgan fingerprint density at radius 1 is 1.36 bits per heavy atom. The van der Waals surface area contributed by atoms with Crippen molar-refractivity contribution in [2.75, 3.05) is 12.8 Å². The Labute approximate surface area is 65.5 Å². The molecule has 2 unspecified atom stereocenters. The lowest BCUT2D eigenvalue weighted by Crippen LogP contribution is -2.10. The predicted octanol–water partition coefficient (Wildman–Crippen LogP) is 0.150. The van der Waals surface area contributed by atoms with E-state index in [4.69, 9.17) is 0 Å². The van der Waals surface area contributed by atoms with Crippen LogP contribution in [0, 0.1) is 0 Å². The molecule has 0 saturated heterocycles. The molecule has 0 amide bonds. The third-order valence-electron chi connectivity index (χ3n) is 0.770. The average molecular weight is 200 g/mol. The molecule has 0 bridgehead atoms. The summed E-state index contributed by atoms with van der Waals surface area (Å²) in [6.07, 6.45) is 0.105. The van der Waals surface area contributed by atoms with Crippen molar-refractivity contribution in [1.82, 2.24) is 0 Å². The highest BCUT2D eigenvalue weighted by Gasteiger charge is 2.11. The van der Waals surface area contributed by atoms with Crippen LogP contribution >= 0.6 is 15.2 Å². The highest BCUT2D eigenvalue weighted by Crippen LogP contribution is 2.52. The molecule has 0 heterocycles. The lowest BCUT2D eigenvalue weighted by molar-refractivity contribution is -0.212. The second kappa shape index (κ2) is 3.83. The van der Waals surface area contributed by atoms with E-state index < -0.39 is 15.2 Å². The molecule has 0 saturated carbocycles. The quantitative estimate of drug-likeness (QED) is 0.602. The van der Waals surface area contributed by atoms with Gasteiger partial charge < -0.3 is 18.9 Å². The van der Waals surface area contributed by atoms with E-state index in [0.29, 0.717) is 6.42 Å². The minimum atomic E-state index is -4.14. The van der Waals surface area contributed by atoms with E-state index in [1.807, 2.05) is 0 Å². The third-order valence-corrected chi connectivity index (χ3v) is 3.95. The molecular weight excluding hydrogens is 190 g/mol. The fourth-order valence-electron chi connectivity index (χ4n) is 0.541. The van der Waals surface area contributed by atoms with Gasteiger partial charge in [0.15, 0.2) is 0 Å². The molecule has 0 aromatic carbocycles. The van der Waals surface area contributed by atoms with Crippen molar-refractivity contribution in [3.63, 3.8) is 0 Å². The van der Waals surface area contributed by atoms with Gasteiger partial charge in [0.2, 0.25) is 0 Å². The molecule has 0 aliphatic rings. The smallest absolute Gasteiger partial charge is 0.141 e.